The highest BCUT2D eigenvalue weighted by Gasteiger charge is 2.20. The van der Waals surface area contributed by atoms with Gasteiger partial charge in [-0.2, -0.15) is 0 Å². The highest BCUT2D eigenvalue weighted by atomic mass is 32.2. The Labute approximate surface area is 171 Å². The maximum atomic E-state index is 12.5. The van der Waals surface area contributed by atoms with Gasteiger partial charge in [-0.1, -0.05) is 19.1 Å². The Morgan fingerprint density at radius 1 is 0.966 bits per heavy atom. The third kappa shape index (κ3) is 5.04. The minimum absolute atomic E-state index is 0.00471. The van der Waals surface area contributed by atoms with Crippen molar-refractivity contribution in [3.63, 3.8) is 0 Å². The summed E-state index contributed by atoms with van der Waals surface area (Å²) in [5.41, 5.74) is 1.50. The van der Waals surface area contributed by atoms with Crippen LogP contribution in [0.4, 0.5) is 5.69 Å². The molecule has 2 aromatic rings. The number of rotatable bonds is 7. The molecule has 0 unspecified atom stereocenters. The van der Waals surface area contributed by atoms with Gasteiger partial charge in [0.05, 0.1) is 15.5 Å². The number of carbonyl (C=O) groups is 1. The number of benzene rings is 2. The number of carbonyl (C=O) groups excluding carboxylic acids is 1. The number of sulfone groups is 1. The summed E-state index contributed by atoms with van der Waals surface area (Å²) in [5.74, 6) is 0.0313. The zero-order valence-corrected chi connectivity index (χ0v) is 17.8. The van der Waals surface area contributed by atoms with Crippen molar-refractivity contribution >= 4 is 31.5 Å². The molecule has 0 radical (unpaired) electrons. The van der Waals surface area contributed by atoms with Crippen LogP contribution in [0.25, 0.3) is 0 Å². The number of hydrogen-bond acceptors (Lipinski definition) is 5. The predicted molar refractivity (Wildman–Crippen MR) is 111 cm³/mol. The van der Waals surface area contributed by atoms with Crippen LogP contribution in [0, 0.1) is 0 Å². The van der Waals surface area contributed by atoms with Gasteiger partial charge < -0.3 is 4.90 Å². The van der Waals surface area contributed by atoms with Gasteiger partial charge in [0.2, 0.25) is 15.9 Å². The molecule has 2 aromatic carbocycles. The van der Waals surface area contributed by atoms with Crippen LogP contribution >= 0.6 is 0 Å². The fourth-order valence-corrected chi connectivity index (χ4v) is 5.07. The van der Waals surface area contributed by atoms with E-state index >= 15 is 0 Å². The molecule has 0 spiro atoms. The van der Waals surface area contributed by atoms with E-state index in [1.54, 1.807) is 17.0 Å². The first-order valence-electron chi connectivity index (χ1n) is 9.45. The highest BCUT2D eigenvalue weighted by Crippen LogP contribution is 2.22. The van der Waals surface area contributed by atoms with Crippen molar-refractivity contribution in [3.05, 3.63) is 54.1 Å². The Bertz CT molecular complexity index is 1090. The smallest absolute Gasteiger partial charge is 0.240 e. The van der Waals surface area contributed by atoms with Crippen molar-refractivity contribution in [2.45, 2.75) is 42.5 Å². The van der Waals surface area contributed by atoms with Crippen molar-refractivity contribution in [3.8, 4) is 0 Å². The van der Waals surface area contributed by atoms with Crippen LogP contribution in [0.1, 0.15) is 31.7 Å². The van der Waals surface area contributed by atoms with E-state index in [-0.39, 0.29) is 28.0 Å². The molecular weight excluding hydrogens is 412 g/mol. The van der Waals surface area contributed by atoms with Gasteiger partial charge in [-0.3, -0.25) is 4.79 Å². The fourth-order valence-electron chi connectivity index (χ4n) is 3.17. The Balaban J connectivity index is 1.72. The Hall–Kier alpha value is -2.23. The van der Waals surface area contributed by atoms with Crippen molar-refractivity contribution in [1.29, 1.82) is 0 Å². The zero-order valence-electron chi connectivity index (χ0n) is 16.2. The number of anilines is 1. The standard InChI is InChI=1S/C20H24N2O5S2/c1-2-28(24,25)18-9-11-19(12-10-18)29(26,27)21-15-16-6-5-7-17(14-16)22-13-4-3-8-20(22)23/h5-7,9-12,14,21H,2-4,8,13,15H2,1H3. The number of nitrogens with one attached hydrogen (secondary N) is 1. The molecule has 0 aliphatic carbocycles. The molecule has 0 atom stereocenters. The van der Waals surface area contributed by atoms with Gasteiger partial charge in [0.25, 0.3) is 0 Å². The molecule has 156 valence electrons. The van der Waals surface area contributed by atoms with Crippen LogP contribution < -0.4 is 9.62 Å². The Kier molecular flexibility index (Phi) is 6.40. The van der Waals surface area contributed by atoms with Gasteiger partial charge in [-0.25, -0.2) is 21.6 Å². The van der Waals surface area contributed by atoms with Crippen LogP contribution in [-0.2, 0) is 31.2 Å². The molecule has 0 aromatic heterocycles. The lowest BCUT2D eigenvalue weighted by molar-refractivity contribution is -0.119. The number of hydrogen-bond donors (Lipinski definition) is 1. The van der Waals surface area contributed by atoms with Crippen LogP contribution in [-0.4, -0.2) is 35.0 Å². The van der Waals surface area contributed by atoms with Gasteiger partial charge >= 0.3 is 0 Å². The van der Waals surface area contributed by atoms with Crippen LogP contribution in [0.2, 0.25) is 0 Å². The minimum Gasteiger partial charge on any atom is -0.312 e. The highest BCUT2D eigenvalue weighted by molar-refractivity contribution is 7.91. The molecule has 1 aliphatic heterocycles. The summed E-state index contributed by atoms with van der Waals surface area (Å²) in [6.07, 6.45) is 2.38. The van der Waals surface area contributed by atoms with Crippen molar-refractivity contribution in [2.75, 3.05) is 17.2 Å². The van der Waals surface area contributed by atoms with E-state index in [0.717, 1.165) is 24.1 Å². The molecule has 1 saturated heterocycles. The third-order valence-electron chi connectivity index (χ3n) is 4.89. The first-order chi connectivity index (χ1) is 13.7. The quantitative estimate of drug-likeness (QED) is 0.719. The van der Waals surface area contributed by atoms with E-state index in [0.29, 0.717) is 13.0 Å². The largest absolute Gasteiger partial charge is 0.312 e. The van der Waals surface area contributed by atoms with Crippen LogP contribution in [0.3, 0.4) is 0 Å². The van der Waals surface area contributed by atoms with E-state index in [9.17, 15) is 21.6 Å². The second-order valence-electron chi connectivity index (χ2n) is 6.87. The van der Waals surface area contributed by atoms with Gasteiger partial charge in [0, 0.05) is 25.2 Å². The topological polar surface area (TPSA) is 101 Å². The van der Waals surface area contributed by atoms with Gasteiger partial charge in [0.1, 0.15) is 0 Å². The van der Waals surface area contributed by atoms with Gasteiger partial charge in [-0.05, 0) is 54.8 Å². The molecule has 7 nitrogen and oxygen atoms in total. The number of nitrogens with zero attached hydrogens (tertiary/aromatic N) is 1. The monoisotopic (exact) mass is 436 g/mol. The molecule has 0 saturated carbocycles. The maximum absolute atomic E-state index is 12.5. The second-order valence-corrected chi connectivity index (χ2v) is 10.9. The second kappa shape index (κ2) is 8.64. The lowest BCUT2D eigenvalue weighted by Gasteiger charge is -2.27. The molecule has 3 rings (SSSR count). The summed E-state index contributed by atoms with van der Waals surface area (Å²) >= 11 is 0. The van der Waals surface area contributed by atoms with E-state index in [4.69, 9.17) is 0 Å². The molecule has 1 fully saturated rings. The normalized spacial score (nSPS) is 15.5. The lowest BCUT2D eigenvalue weighted by atomic mass is 10.1. The van der Waals surface area contributed by atoms with Gasteiger partial charge in [0.15, 0.2) is 9.84 Å². The van der Waals surface area contributed by atoms with Crippen molar-refractivity contribution in [1.82, 2.24) is 4.72 Å². The molecule has 1 N–H and O–H groups in total. The van der Waals surface area contributed by atoms with Crippen LogP contribution in [0.5, 0.6) is 0 Å². The summed E-state index contributed by atoms with van der Waals surface area (Å²) in [7, 11) is -7.18. The van der Waals surface area contributed by atoms with Crippen molar-refractivity contribution < 1.29 is 21.6 Å². The van der Waals surface area contributed by atoms with Crippen LogP contribution in [0.15, 0.2) is 58.3 Å². The average Bonchev–Trinajstić information content (AvgIpc) is 2.73. The summed E-state index contributed by atoms with van der Waals surface area (Å²) in [6.45, 7) is 2.27. The molecule has 0 bridgehead atoms. The van der Waals surface area contributed by atoms with E-state index < -0.39 is 19.9 Å². The zero-order chi connectivity index (χ0) is 21.1. The summed E-state index contributed by atoms with van der Waals surface area (Å²) in [4.78, 5) is 13.9. The molecular formula is C20H24N2O5S2. The Morgan fingerprint density at radius 2 is 1.66 bits per heavy atom. The summed E-state index contributed by atoms with van der Waals surface area (Å²) in [5, 5.41) is 0. The SMILES string of the molecule is CCS(=O)(=O)c1ccc(S(=O)(=O)NCc2cccc(N3CCCCC3=O)c2)cc1. The number of amides is 1. The van der Waals surface area contributed by atoms with E-state index in [2.05, 4.69) is 4.72 Å². The fraction of sp³-hybridized carbons (Fsp3) is 0.350. The molecule has 1 heterocycles. The van der Waals surface area contributed by atoms with Gasteiger partial charge in [-0.15, -0.1) is 0 Å². The predicted octanol–water partition coefficient (Wildman–Crippen LogP) is 2.48. The lowest BCUT2D eigenvalue weighted by Crippen LogP contribution is -2.35. The minimum atomic E-state index is -3.80. The number of sulfonamides is 1. The maximum Gasteiger partial charge on any atom is 0.240 e. The third-order valence-corrected chi connectivity index (χ3v) is 8.05. The summed E-state index contributed by atoms with van der Waals surface area (Å²) < 4.78 is 51.4. The Morgan fingerprint density at radius 3 is 2.31 bits per heavy atom. The molecule has 1 aliphatic rings. The number of piperidine rings is 1. The molecule has 1 amide bonds. The summed E-state index contributed by atoms with van der Waals surface area (Å²) in [6, 6.07) is 12.4. The first kappa shape index (κ1) is 21.5. The first-order valence-corrected chi connectivity index (χ1v) is 12.6. The average molecular weight is 437 g/mol. The van der Waals surface area contributed by atoms with E-state index in [1.165, 1.54) is 31.2 Å². The van der Waals surface area contributed by atoms with Crippen molar-refractivity contribution in [2.24, 2.45) is 0 Å². The van der Waals surface area contributed by atoms with E-state index in [1.807, 2.05) is 12.1 Å². The molecule has 9 heteroatoms. The molecule has 29 heavy (non-hydrogen) atoms.